The maximum Gasteiger partial charge on any atom is 0.110 e. The fraction of sp³-hybridized carbons (Fsp3) is 1.00. The molecule has 0 aromatic rings. The summed E-state index contributed by atoms with van der Waals surface area (Å²) >= 11 is 0. The number of alkyl halides is 1. The van der Waals surface area contributed by atoms with Crippen LogP contribution in [-0.4, -0.2) is 5.67 Å². The molecule has 0 heterocycles. The van der Waals surface area contributed by atoms with Crippen molar-refractivity contribution in [3.8, 4) is 0 Å². The average Bonchev–Trinajstić information content (AvgIpc) is 1.90. The predicted molar refractivity (Wildman–Crippen MR) is 43.9 cm³/mol. The quantitative estimate of drug-likeness (QED) is 0.569. The van der Waals surface area contributed by atoms with E-state index >= 15 is 0 Å². The summed E-state index contributed by atoms with van der Waals surface area (Å²) < 4.78 is 13.5. The van der Waals surface area contributed by atoms with Gasteiger partial charge in [-0.3, -0.25) is 0 Å². The first-order chi connectivity index (χ1) is 4.58. The molecular weight excluding hydrogens is 127 g/mol. The van der Waals surface area contributed by atoms with Crippen molar-refractivity contribution in [1.82, 2.24) is 0 Å². The van der Waals surface area contributed by atoms with Crippen molar-refractivity contribution in [2.24, 2.45) is 5.92 Å². The SMILES string of the molecule is CCC(CC)[C@@](C)(F)CC. The van der Waals surface area contributed by atoms with E-state index < -0.39 is 5.67 Å². The van der Waals surface area contributed by atoms with Crippen molar-refractivity contribution in [2.45, 2.75) is 52.6 Å². The van der Waals surface area contributed by atoms with Gasteiger partial charge in [0, 0.05) is 0 Å². The van der Waals surface area contributed by atoms with Gasteiger partial charge in [0.1, 0.15) is 5.67 Å². The number of hydrogen-bond donors (Lipinski definition) is 0. The van der Waals surface area contributed by atoms with Crippen molar-refractivity contribution >= 4 is 0 Å². The van der Waals surface area contributed by atoms with E-state index in [0.717, 1.165) is 12.8 Å². The van der Waals surface area contributed by atoms with E-state index in [-0.39, 0.29) is 5.92 Å². The zero-order valence-electron chi connectivity index (χ0n) is 7.58. The Labute approximate surface area is 63.8 Å². The molecule has 10 heavy (non-hydrogen) atoms. The number of rotatable bonds is 4. The zero-order chi connectivity index (χ0) is 8.20. The third-order valence-corrected chi connectivity index (χ3v) is 2.53. The Morgan fingerprint density at radius 3 is 1.70 bits per heavy atom. The van der Waals surface area contributed by atoms with E-state index in [0.29, 0.717) is 6.42 Å². The Hall–Kier alpha value is -0.0700. The lowest BCUT2D eigenvalue weighted by Crippen LogP contribution is -2.27. The Kier molecular flexibility index (Phi) is 3.92. The molecule has 0 bridgehead atoms. The molecule has 0 rings (SSSR count). The Morgan fingerprint density at radius 1 is 1.20 bits per heavy atom. The molecule has 0 saturated carbocycles. The summed E-state index contributed by atoms with van der Waals surface area (Å²) in [5.41, 5.74) is -0.941. The fourth-order valence-corrected chi connectivity index (χ4v) is 1.43. The molecule has 0 fully saturated rings. The van der Waals surface area contributed by atoms with Gasteiger partial charge in [-0.15, -0.1) is 0 Å². The molecule has 1 atom stereocenters. The van der Waals surface area contributed by atoms with Gasteiger partial charge >= 0.3 is 0 Å². The van der Waals surface area contributed by atoms with Gasteiger partial charge in [-0.1, -0.05) is 33.6 Å². The molecule has 0 saturated heterocycles. The maximum absolute atomic E-state index is 13.5. The van der Waals surface area contributed by atoms with E-state index in [1.807, 2.05) is 6.92 Å². The van der Waals surface area contributed by atoms with Gasteiger partial charge in [-0.05, 0) is 19.3 Å². The van der Waals surface area contributed by atoms with E-state index in [2.05, 4.69) is 13.8 Å². The third-order valence-electron chi connectivity index (χ3n) is 2.53. The molecule has 0 unspecified atom stereocenters. The van der Waals surface area contributed by atoms with Gasteiger partial charge in [-0.2, -0.15) is 0 Å². The summed E-state index contributed by atoms with van der Waals surface area (Å²) in [7, 11) is 0. The normalized spacial score (nSPS) is 17.4. The van der Waals surface area contributed by atoms with Crippen molar-refractivity contribution in [1.29, 1.82) is 0 Å². The van der Waals surface area contributed by atoms with E-state index in [9.17, 15) is 4.39 Å². The average molecular weight is 146 g/mol. The molecule has 0 aliphatic carbocycles. The van der Waals surface area contributed by atoms with Gasteiger partial charge in [0.15, 0.2) is 0 Å². The minimum atomic E-state index is -0.941. The van der Waals surface area contributed by atoms with Crippen LogP contribution in [0.1, 0.15) is 47.0 Å². The highest BCUT2D eigenvalue weighted by atomic mass is 19.1. The lowest BCUT2D eigenvalue weighted by atomic mass is 9.85. The highest BCUT2D eigenvalue weighted by molar-refractivity contribution is 4.78. The first-order valence-corrected chi connectivity index (χ1v) is 4.27. The largest absolute Gasteiger partial charge is 0.244 e. The van der Waals surface area contributed by atoms with Crippen molar-refractivity contribution in [3.63, 3.8) is 0 Å². The Bertz CT molecular complexity index is 82.7. The molecule has 0 aliphatic rings. The number of hydrogen-bond acceptors (Lipinski definition) is 0. The molecule has 1 heteroatoms. The van der Waals surface area contributed by atoms with Crippen LogP contribution >= 0.6 is 0 Å². The second kappa shape index (κ2) is 3.95. The van der Waals surface area contributed by atoms with Crippen molar-refractivity contribution in [2.75, 3.05) is 0 Å². The number of halogens is 1. The molecule has 0 N–H and O–H groups in total. The second-order valence-corrected chi connectivity index (χ2v) is 3.15. The lowest BCUT2D eigenvalue weighted by Gasteiger charge is -2.27. The van der Waals surface area contributed by atoms with Crippen LogP contribution in [0.25, 0.3) is 0 Å². The summed E-state index contributed by atoms with van der Waals surface area (Å²) in [6.45, 7) is 7.74. The maximum atomic E-state index is 13.5. The molecular formula is C9H19F. The van der Waals surface area contributed by atoms with Crippen LogP contribution < -0.4 is 0 Å². The topological polar surface area (TPSA) is 0 Å². The summed E-state index contributed by atoms with van der Waals surface area (Å²) in [5, 5.41) is 0. The molecule has 0 amide bonds. The fourth-order valence-electron chi connectivity index (χ4n) is 1.43. The van der Waals surface area contributed by atoms with Crippen LogP contribution in [-0.2, 0) is 0 Å². The minimum absolute atomic E-state index is 0.248. The van der Waals surface area contributed by atoms with Gasteiger partial charge in [-0.25, -0.2) is 4.39 Å². The molecule has 0 aromatic heterocycles. The van der Waals surface area contributed by atoms with Crippen LogP contribution in [0.5, 0.6) is 0 Å². The van der Waals surface area contributed by atoms with Crippen LogP contribution in [0.3, 0.4) is 0 Å². The van der Waals surface area contributed by atoms with Crippen LogP contribution in [0.4, 0.5) is 4.39 Å². The van der Waals surface area contributed by atoms with Gasteiger partial charge in [0.05, 0.1) is 0 Å². The molecule has 0 nitrogen and oxygen atoms in total. The van der Waals surface area contributed by atoms with E-state index in [1.165, 1.54) is 0 Å². The third kappa shape index (κ3) is 2.28. The van der Waals surface area contributed by atoms with Gasteiger partial charge in [0.25, 0.3) is 0 Å². The Morgan fingerprint density at radius 2 is 1.60 bits per heavy atom. The van der Waals surface area contributed by atoms with E-state index in [4.69, 9.17) is 0 Å². The highest BCUT2D eigenvalue weighted by Gasteiger charge is 2.28. The predicted octanol–water partition coefficient (Wildman–Crippen LogP) is 3.56. The summed E-state index contributed by atoms with van der Waals surface area (Å²) in [5.74, 6) is 0.248. The Balaban J connectivity index is 3.97. The van der Waals surface area contributed by atoms with Crippen molar-refractivity contribution in [3.05, 3.63) is 0 Å². The molecule has 62 valence electrons. The summed E-state index contributed by atoms with van der Waals surface area (Å²) in [6, 6.07) is 0. The smallest absolute Gasteiger partial charge is 0.110 e. The van der Waals surface area contributed by atoms with Gasteiger partial charge in [0.2, 0.25) is 0 Å². The van der Waals surface area contributed by atoms with Crippen molar-refractivity contribution < 1.29 is 4.39 Å². The molecule has 0 aromatic carbocycles. The first-order valence-electron chi connectivity index (χ1n) is 4.27. The monoisotopic (exact) mass is 146 g/mol. The molecule has 0 radical (unpaired) electrons. The standard InChI is InChI=1S/C9H19F/c1-5-8(6-2)9(4,10)7-3/h8H,5-7H2,1-4H3/t9-/m0/s1. The molecule has 0 aliphatic heterocycles. The van der Waals surface area contributed by atoms with Gasteiger partial charge < -0.3 is 0 Å². The minimum Gasteiger partial charge on any atom is -0.244 e. The second-order valence-electron chi connectivity index (χ2n) is 3.15. The van der Waals surface area contributed by atoms with Crippen LogP contribution in [0, 0.1) is 5.92 Å². The zero-order valence-corrected chi connectivity index (χ0v) is 7.58. The molecule has 0 spiro atoms. The van der Waals surface area contributed by atoms with Crippen LogP contribution in [0.2, 0.25) is 0 Å². The summed E-state index contributed by atoms with van der Waals surface area (Å²) in [4.78, 5) is 0. The highest BCUT2D eigenvalue weighted by Crippen LogP contribution is 2.30. The summed E-state index contributed by atoms with van der Waals surface area (Å²) in [6.07, 6.45) is 2.55. The van der Waals surface area contributed by atoms with Crippen LogP contribution in [0.15, 0.2) is 0 Å². The lowest BCUT2D eigenvalue weighted by molar-refractivity contribution is 0.0910. The first kappa shape index (κ1) is 9.93. The van der Waals surface area contributed by atoms with E-state index in [1.54, 1.807) is 6.92 Å².